The number of halogens is 2. The Morgan fingerprint density at radius 2 is 1.93 bits per heavy atom. The van der Waals surface area contributed by atoms with Gasteiger partial charge in [0.05, 0.1) is 5.56 Å². The number of thioether (sulfide) groups is 1. The molecule has 0 amide bonds. The summed E-state index contributed by atoms with van der Waals surface area (Å²) in [7, 11) is 0. The number of aromatic carboxylic acids is 1. The number of hydrogen-bond acceptors (Lipinski definition) is 2. The normalized spacial score (nSPS) is 10.9. The lowest BCUT2D eigenvalue weighted by atomic mass is 10.1. The minimum atomic E-state index is -0.936. The Kier molecular flexibility index (Phi) is 6.24. The third-order valence-corrected chi connectivity index (χ3v) is 5.75. The van der Waals surface area contributed by atoms with Crippen molar-refractivity contribution in [1.29, 1.82) is 0 Å². The lowest BCUT2D eigenvalue weighted by Gasteiger charge is -2.12. The summed E-state index contributed by atoms with van der Waals surface area (Å²) in [6.07, 6.45) is 0. The SMILES string of the molecule is Cc1c(C(=O)O)cc(-c2ccccc2)n1CCSCc1c(F)cccc1Cl. The van der Waals surface area contributed by atoms with E-state index in [9.17, 15) is 14.3 Å². The first-order valence-corrected chi connectivity index (χ1v) is 10.0. The number of nitrogens with zero attached hydrogens (tertiary/aromatic N) is 1. The fourth-order valence-electron chi connectivity index (χ4n) is 3.00. The molecule has 0 aliphatic heterocycles. The molecule has 1 aromatic heterocycles. The van der Waals surface area contributed by atoms with Crippen LogP contribution in [0.25, 0.3) is 11.3 Å². The van der Waals surface area contributed by atoms with E-state index in [0.29, 0.717) is 39.9 Å². The highest BCUT2D eigenvalue weighted by Gasteiger charge is 2.17. The Bertz CT molecular complexity index is 936. The Balaban J connectivity index is 1.77. The lowest BCUT2D eigenvalue weighted by Crippen LogP contribution is -2.07. The molecule has 0 bridgehead atoms. The highest BCUT2D eigenvalue weighted by molar-refractivity contribution is 7.98. The predicted octanol–water partition coefficient (Wildman–Crippen LogP) is 5.89. The van der Waals surface area contributed by atoms with Gasteiger partial charge in [-0.2, -0.15) is 11.8 Å². The molecule has 1 heterocycles. The second-order valence-electron chi connectivity index (χ2n) is 6.10. The maximum absolute atomic E-state index is 13.9. The molecular formula is C21H19ClFNO2S. The van der Waals surface area contributed by atoms with Crippen LogP contribution >= 0.6 is 23.4 Å². The van der Waals surface area contributed by atoms with Crippen LogP contribution in [-0.2, 0) is 12.3 Å². The molecule has 0 spiro atoms. The van der Waals surface area contributed by atoms with E-state index >= 15 is 0 Å². The quantitative estimate of drug-likeness (QED) is 0.500. The molecule has 2 aromatic carbocycles. The fraction of sp³-hybridized carbons (Fsp3) is 0.190. The Morgan fingerprint density at radius 3 is 2.59 bits per heavy atom. The van der Waals surface area contributed by atoms with Crippen molar-refractivity contribution >= 4 is 29.3 Å². The van der Waals surface area contributed by atoms with Crippen LogP contribution in [-0.4, -0.2) is 21.4 Å². The van der Waals surface area contributed by atoms with Crippen molar-refractivity contribution in [3.8, 4) is 11.3 Å². The molecular weight excluding hydrogens is 385 g/mol. The van der Waals surface area contributed by atoms with Gasteiger partial charge in [0.15, 0.2) is 0 Å². The van der Waals surface area contributed by atoms with Crippen LogP contribution in [0.3, 0.4) is 0 Å². The van der Waals surface area contributed by atoms with E-state index in [-0.39, 0.29) is 5.82 Å². The predicted molar refractivity (Wildman–Crippen MR) is 109 cm³/mol. The Labute approximate surface area is 166 Å². The monoisotopic (exact) mass is 403 g/mol. The van der Waals surface area contributed by atoms with E-state index in [1.165, 1.54) is 6.07 Å². The number of carboxylic acid groups (broad SMARTS) is 1. The lowest BCUT2D eigenvalue weighted by molar-refractivity contribution is 0.0696. The third kappa shape index (κ3) is 4.37. The summed E-state index contributed by atoms with van der Waals surface area (Å²) in [5, 5.41) is 9.89. The van der Waals surface area contributed by atoms with E-state index < -0.39 is 5.97 Å². The molecule has 0 saturated carbocycles. The van der Waals surface area contributed by atoms with Gasteiger partial charge in [0.1, 0.15) is 5.82 Å². The van der Waals surface area contributed by atoms with E-state index in [4.69, 9.17) is 11.6 Å². The van der Waals surface area contributed by atoms with E-state index in [1.807, 2.05) is 41.8 Å². The molecule has 1 N–H and O–H groups in total. The molecule has 0 aliphatic carbocycles. The van der Waals surface area contributed by atoms with Crippen molar-refractivity contribution in [3.63, 3.8) is 0 Å². The molecule has 0 atom stereocenters. The molecule has 27 heavy (non-hydrogen) atoms. The maximum atomic E-state index is 13.9. The molecule has 0 aliphatic rings. The summed E-state index contributed by atoms with van der Waals surface area (Å²) < 4.78 is 15.9. The van der Waals surface area contributed by atoms with Crippen molar-refractivity contribution in [1.82, 2.24) is 4.57 Å². The van der Waals surface area contributed by atoms with Crippen LogP contribution < -0.4 is 0 Å². The number of hydrogen-bond donors (Lipinski definition) is 1. The molecule has 6 heteroatoms. The van der Waals surface area contributed by atoms with Gasteiger partial charge < -0.3 is 9.67 Å². The van der Waals surface area contributed by atoms with Gasteiger partial charge >= 0.3 is 5.97 Å². The van der Waals surface area contributed by atoms with Crippen LogP contribution in [0.5, 0.6) is 0 Å². The summed E-state index contributed by atoms with van der Waals surface area (Å²) in [5.41, 5.74) is 3.36. The second-order valence-corrected chi connectivity index (χ2v) is 7.62. The molecule has 0 saturated heterocycles. The van der Waals surface area contributed by atoms with Crippen LogP contribution in [0.4, 0.5) is 4.39 Å². The third-order valence-electron chi connectivity index (χ3n) is 4.43. The maximum Gasteiger partial charge on any atom is 0.337 e. The minimum absolute atomic E-state index is 0.301. The average molecular weight is 404 g/mol. The van der Waals surface area contributed by atoms with Crippen LogP contribution in [0, 0.1) is 12.7 Å². The molecule has 0 fully saturated rings. The van der Waals surface area contributed by atoms with Crippen LogP contribution in [0.1, 0.15) is 21.6 Å². The number of benzene rings is 2. The molecule has 0 radical (unpaired) electrons. The number of carbonyl (C=O) groups is 1. The van der Waals surface area contributed by atoms with Gasteiger partial charge in [0, 0.05) is 40.0 Å². The summed E-state index contributed by atoms with van der Waals surface area (Å²) >= 11 is 7.64. The summed E-state index contributed by atoms with van der Waals surface area (Å²) in [4.78, 5) is 11.5. The molecule has 3 aromatic rings. The van der Waals surface area contributed by atoms with Gasteiger partial charge in [-0.05, 0) is 30.7 Å². The highest BCUT2D eigenvalue weighted by Crippen LogP contribution is 2.28. The number of rotatable bonds is 7. The largest absolute Gasteiger partial charge is 0.478 e. The summed E-state index contributed by atoms with van der Waals surface area (Å²) in [6.45, 7) is 2.44. The van der Waals surface area contributed by atoms with Crippen molar-refractivity contribution in [2.24, 2.45) is 0 Å². The minimum Gasteiger partial charge on any atom is -0.478 e. The first-order valence-electron chi connectivity index (χ1n) is 8.48. The van der Waals surface area contributed by atoms with E-state index in [2.05, 4.69) is 0 Å². The van der Waals surface area contributed by atoms with Crippen molar-refractivity contribution in [2.75, 3.05) is 5.75 Å². The average Bonchev–Trinajstić information content (AvgIpc) is 2.98. The molecule has 0 unspecified atom stereocenters. The van der Waals surface area contributed by atoms with Gasteiger partial charge in [-0.3, -0.25) is 0 Å². The van der Waals surface area contributed by atoms with Crippen molar-refractivity contribution in [2.45, 2.75) is 19.2 Å². The smallest absolute Gasteiger partial charge is 0.337 e. The van der Waals surface area contributed by atoms with Gasteiger partial charge in [-0.25, -0.2) is 9.18 Å². The molecule has 3 rings (SSSR count). The van der Waals surface area contributed by atoms with Crippen LogP contribution in [0.15, 0.2) is 54.6 Å². The van der Waals surface area contributed by atoms with E-state index in [1.54, 1.807) is 30.0 Å². The van der Waals surface area contributed by atoms with Gasteiger partial charge in [-0.15, -0.1) is 0 Å². The molecule has 3 nitrogen and oxygen atoms in total. The second kappa shape index (κ2) is 8.63. The Morgan fingerprint density at radius 1 is 1.19 bits per heavy atom. The first-order chi connectivity index (χ1) is 13.0. The zero-order valence-corrected chi connectivity index (χ0v) is 16.4. The van der Waals surface area contributed by atoms with Gasteiger partial charge in [0.25, 0.3) is 0 Å². The zero-order valence-electron chi connectivity index (χ0n) is 14.8. The van der Waals surface area contributed by atoms with Crippen LogP contribution in [0.2, 0.25) is 5.02 Å². The molecule has 140 valence electrons. The van der Waals surface area contributed by atoms with Gasteiger partial charge in [0.2, 0.25) is 0 Å². The topological polar surface area (TPSA) is 42.2 Å². The standard InChI is InChI=1S/C21H19ClFNO2S/c1-14-16(21(25)26)12-20(15-6-3-2-4-7-15)24(14)10-11-27-13-17-18(22)8-5-9-19(17)23/h2-9,12H,10-11,13H2,1H3,(H,25,26). The van der Waals surface area contributed by atoms with Gasteiger partial charge in [-0.1, -0.05) is 48.0 Å². The Hall–Kier alpha value is -2.24. The summed E-state index contributed by atoms with van der Waals surface area (Å²) in [5.74, 6) is -0.0586. The fourth-order valence-corrected chi connectivity index (χ4v) is 4.26. The van der Waals surface area contributed by atoms with Crippen molar-refractivity contribution in [3.05, 3.63) is 82.3 Å². The van der Waals surface area contributed by atoms with Crippen molar-refractivity contribution < 1.29 is 14.3 Å². The first kappa shape index (κ1) is 19.5. The van der Waals surface area contributed by atoms with E-state index in [0.717, 1.165) is 11.3 Å². The summed E-state index contributed by atoms with van der Waals surface area (Å²) in [6, 6.07) is 16.1. The highest BCUT2D eigenvalue weighted by atomic mass is 35.5. The number of carboxylic acids is 1. The zero-order chi connectivity index (χ0) is 19.4. The number of aromatic nitrogens is 1.